The van der Waals surface area contributed by atoms with Gasteiger partial charge in [-0.1, -0.05) is 13.8 Å². The molecule has 0 aromatic rings. The molecule has 0 radical (unpaired) electrons. The maximum Gasteiger partial charge on any atom is 0.157 e. The Morgan fingerprint density at radius 2 is 1.70 bits per heavy atom. The van der Waals surface area contributed by atoms with Gasteiger partial charge in [-0.2, -0.15) is 0 Å². The van der Waals surface area contributed by atoms with Gasteiger partial charge >= 0.3 is 0 Å². The minimum atomic E-state index is 0.365. The van der Waals surface area contributed by atoms with E-state index in [0.29, 0.717) is 11.0 Å². The van der Waals surface area contributed by atoms with E-state index in [-0.39, 0.29) is 0 Å². The van der Waals surface area contributed by atoms with Crippen LogP contribution in [0.2, 0.25) is 0 Å². The molecule has 1 rings (SSSR count). The van der Waals surface area contributed by atoms with E-state index in [1.807, 2.05) is 0 Å². The number of rotatable bonds is 0. The molecule has 58 valence electrons. The molecule has 1 aliphatic heterocycles. The number of hydrogen-bond donors (Lipinski definition) is 0. The third kappa shape index (κ3) is 1.23. The van der Waals surface area contributed by atoms with Crippen molar-refractivity contribution < 1.29 is 4.58 Å². The maximum absolute atomic E-state index is 2.33. The van der Waals surface area contributed by atoms with Gasteiger partial charge in [0.05, 0.1) is 0 Å². The van der Waals surface area contributed by atoms with Crippen molar-refractivity contribution in [2.45, 2.75) is 39.7 Å². The van der Waals surface area contributed by atoms with Crippen LogP contribution in [-0.4, -0.2) is 23.4 Å². The molecule has 0 unspecified atom stereocenters. The lowest BCUT2D eigenvalue weighted by molar-refractivity contribution is -0.562. The molecule has 0 atom stereocenters. The summed E-state index contributed by atoms with van der Waals surface area (Å²) < 4.78 is 2.33. The Morgan fingerprint density at radius 1 is 1.20 bits per heavy atom. The Morgan fingerprint density at radius 3 is 1.80 bits per heavy atom. The molecule has 0 saturated carbocycles. The summed E-state index contributed by atoms with van der Waals surface area (Å²) in [4.78, 5) is 0. The SMILES string of the molecule is C[N+]1=CC(C)(C)CC1(C)C. The van der Waals surface area contributed by atoms with Crippen LogP contribution in [0.15, 0.2) is 0 Å². The van der Waals surface area contributed by atoms with Crippen LogP contribution in [-0.2, 0) is 0 Å². The molecule has 1 heterocycles. The standard InChI is InChI=1S/C9H18N/c1-8(2)6-9(3,4)10(5)7-8/h7H,6H2,1-5H3/q+1. The monoisotopic (exact) mass is 140 g/mol. The molecule has 0 spiro atoms. The summed E-state index contributed by atoms with van der Waals surface area (Å²) in [5, 5.41) is 0. The van der Waals surface area contributed by atoms with Gasteiger partial charge in [0.15, 0.2) is 5.54 Å². The Balaban J connectivity index is 2.89. The normalized spacial score (nSPS) is 28.3. The first-order valence-electron chi connectivity index (χ1n) is 3.92. The molecular formula is C9H18N+. The van der Waals surface area contributed by atoms with Crippen LogP contribution in [0, 0.1) is 5.41 Å². The molecule has 0 saturated heterocycles. The second-order valence-corrected chi connectivity index (χ2v) is 4.72. The molecule has 1 aliphatic rings. The number of nitrogens with zero attached hydrogens (tertiary/aromatic N) is 1. The molecule has 1 nitrogen and oxygen atoms in total. The lowest BCUT2D eigenvalue weighted by Gasteiger charge is -2.16. The second-order valence-electron chi connectivity index (χ2n) is 4.72. The average molecular weight is 140 g/mol. The van der Waals surface area contributed by atoms with E-state index in [2.05, 4.69) is 45.5 Å². The first-order valence-corrected chi connectivity index (χ1v) is 3.92. The first-order chi connectivity index (χ1) is 4.33. The maximum atomic E-state index is 2.33. The molecule has 0 bridgehead atoms. The van der Waals surface area contributed by atoms with Crippen LogP contribution >= 0.6 is 0 Å². The van der Waals surface area contributed by atoms with Gasteiger partial charge in [0.2, 0.25) is 0 Å². The average Bonchev–Trinajstić information content (AvgIpc) is 1.73. The van der Waals surface area contributed by atoms with Crippen LogP contribution in [0.3, 0.4) is 0 Å². The van der Waals surface area contributed by atoms with Crippen molar-refractivity contribution in [3.05, 3.63) is 0 Å². The third-order valence-electron chi connectivity index (χ3n) is 2.39. The van der Waals surface area contributed by atoms with Crippen LogP contribution < -0.4 is 0 Å². The van der Waals surface area contributed by atoms with Gasteiger partial charge < -0.3 is 0 Å². The molecule has 0 N–H and O–H groups in total. The molecule has 0 aromatic carbocycles. The fourth-order valence-electron chi connectivity index (χ4n) is 1.98. The van der Waals surface area contributed by atoms with Gasteiger partial charge in [-0.3, -0.25) is 0 Å². The fraction of sp³-hybridized carbons (Fsp3) is 0.889. The van der Waals surface area contributed by atoms with E-state index < -0.39 is 0 Å². The van der Waals surface area contributed by atoms with E-state index in [0.717, 1.165) is 0 Å². The molecule has 0 amide bonds. The van der Waals surface area contributed by atoms with Gasteiger partial charge in [-0.15, -0.1) is 0 Å². The summed E-state index contributed by atoms with van der Waals surface area (Å²) in [7, 11) is 2.16. The Labute approximate surface area is 63.8 Å². The third-order valence-corrected chi connectivity index (χ3v) is 2.39. The molecule has 1 heteroatoms. The summed E-state index contributed by atoms with van der Waals surface area (Å²) >= 11 is 0. The van der Waals surface area contributed by atoms with Crippen molar-refractivity contribution in [1.29, 1.82) is 0 Å². The zero-order valence-electron chi connectivity index (χ0n) is 7.73. The Kier molecular flexibility index (Phi) is 1.43. The summed E-state index contributed by atoms with van der Waals surface area (Å²) in [6, 6.07) is 0. The molecule has 10 heavy (non-hydrogen) atoms. The quantitative estimate of drug-likeness (QED) is 0.452. The second kappa shape index (κ2) is 1.84. The lowest BCUT2D eigenvalue weighted by Crippen LogP contribution is -2.29. The topological polar surface area (TPSA) is 3.01 Å². The van der Waals surface area contributed by atoms with Crippen molar-refractivity contribution in [2.75, 3.05) is 7.05 Å². The minimum absolute atomic E-state index is 0.365. The predicted molar refractivity (Wildman–Crippen MR) is 44.7 cm³/mol. The van der Waals surface area contributed by atoms with Gasteiger partial charge in [0.25, 0.3) is 0 Å². The van der Waals surface area contributed by atoms with E-state index in [4.69, 9.17) is 0 Å². The molecule has 0 fully saturated rings. The van der Waals surface area contributed by atoms with Crippen LogP contribution in [0.4, 0.5) is 0 Å². The van der Waals surface area contributed by atoms with Crippen LogP contribution in [0.25, 0.3) is 0 Å². The van der Waals surface area contributed by atoms with E-state index >= 15 is 0 Å². The highest BCUT2D eigenvalue weighted by atomic mass is 15.1. The van der Waals surface area contributed by atoms with Gasteiger partial charge in [-0.05, 0) is 13.8 Å². The van der Waals surface area contributed by atoms with E-state index in [1.165, 1.54) is 6.42 Å². The van der Waals surface area contributed by atoms with Gasteiger partial charge in [-0.25, -0.2) is 4.58 Å². The zero-order chi connectivity index (χ0) is 7.99. The summed E-state index contributed by atoms with van der Waals surface area (Å²) in [5.41, 5.74) is 0.766. The highest BCUT2D eigenvalue weighted by Gasteiger charge is 2.42. The van der Waals surface area contributed by atoms with Crippen molar-refractivity contribution >= 4 is 6.21 Å². The Bertz CT molecular complexity index is 175. The Hall–Kier alpha value is -0.330. The number of hydrogen-bond acceptors (Lipinski definition) is 0. The van der Waals surface area contributed by atoms with Gasteiger partial charge in [0, 0.05) is 11.8 Å². The summed E-state index contributed by atoms with van der Waals surface area (Å²) in [5.74, 6) is 0. The van der Waals surface area contributed by atoms with Crippen molar-refractivity contribution in [2.24, 2.45) is 5.41 Å². The van der Waals surface area contributed by atoms with Crippen molar-refractivity contribution in [3.8, 4) is 0 Å². The summed E-state index contributed by atoms with van der Waals surface area (Å²) in [6.07, 6.45) is 3.59. The van der Waals surface area contributed by atoms with Crippen molar-refractivity contribution in [1.82, 2.24) is 0 Å². The fourth-order valence-corrected chi connectivity index (χ4v) is 1.98. The predicted octanol–water partition coefficient (Wildman–Crippen LogP) is 1.91. The smallest absolute Gasteiger partial charge is 0.157 e. The molecular weight excluding hydrogens is 122 g/mol. The lowest BCUT2D eigenvalue weighted by atomic mass is 9.85. The van der Waals surface area contributed by atoms with Crippen LogP contribution in [0.1, 0.15) is 34.1 Å². The van der Waals surface area contributed by atoms with Crippen LogP contribution in [0.5, 0.6) is 0 Å². The molecule has 0 aromatic heterocycles. The zero-order valence-corrected chi connectivity index (χ0v) is 7.73. The van der Waals surface area contributed by atoms with Gasteiger partial charge in [0.1, 0.15) is 13.3 Å². The largest absolute Gasteiger partial charge is 0.237 e. The van der Waals surface area contributed by atoms with E-state index in [9.17, 15) is 0 Å². The highest BCUT2D eigenvalue weighted by Crippen LogP contribution is 2.33. The first kappa shape index (κ1) is 7.77. The summed E-state index contributed by atoms with van der Waals surface area (Å²) in [6.45, 7) is 9.16. The van der Waals surface area contributed by atoms with E-state index in [1.54, 1.807) is 0 Å². The highest BCUT2D eigenvalue weighted by molar-refractivity contribution is 5.61. The minimum Gasteiger partial charge on any atom is -0.237 e. The molecule has 0 aliphatic carbocycles. The van der Waals surface area contributed by atoms with Crippen molar-refractivity contribution in [3.63, 3.8) is 0 Å².